The summed E-state index contributed by atoms with van der Waals surface area (Å²) in [6, 6.07) is 0. The summed E-state index contributed by atoms with van der Waals surface area (Å²) in [5.74, 6) is -1.24. The lowest BCUT2D eigenvalue weighted by Gasteiger charge is -2.07. The number of amides is 1. The third-order valence-electron chi connectivity index (χ3n) is 0.686. The summed E-state index contributed by atoms with van der Waals surface area (Å²) < 4.78 is 34.4. The number of nitrogens with two attached hydrogens (primary N) is 1. The van der Waals surface area contributed by atoms with Gasteiger partial charge in [0.15, 0.2) is 5.11 Å². The highest BCUT2D eigenvalue weighted by atomic mass is 32.1. The van der Waals surface area contributed by atoms with Gasteiger partial charge in [0, 0.05) is 0 Å². The fourth-order valence-electron chi connectivity index (χ4n) is 0.358. The number of hydrogen-bond donors (Lipinski definition) is 3. The molecule has 0 saturated heterocycles. The lowest BCUT2D eigenvalue weighted by atomic mass is 10.4. The molecule has 0 rings (SSSR count). The first-order chi connectivity index (χ1) is 5.31. The molecule has 0 bridgehead atoms. The van der Waals surface area contributed by atoms with E-state index in [2.05, 4.69) is 12.2 Å². The molecule has 0 aliphatic rings. The highest BCUT2D eigenvalue weighted by Gasteiger charge is 2.31. The van der Waals surface area contributed by atoms with Gasteiger partial charge in [-0.05, 0) is 12.2 Å². The van der Waals surface area contributed by atoms with E-state index < -0.39 is 18.5 Å². The molecule has 8 heteroatoms. The maximum atomic E-state index is 11.5. The first kappa shape index (κ1) is 11.0. The molecule has 0 saturated carbocycles. The first-order valence-corrected chi connectivity index (χ1v) is 3.13. The van der Waals surface area contributed by atoms with Crippen LogP contribution in [0.15, 0.2) is 0 Å². The molecular formula is C4H6F3N3OS. The molecule has 0 aromatic heterocycles. The van der Waals surface area contributed by atoms with Gasteiger partial charge in [-0.1, -0.05) is 0 Å². The second-order valence-corrected chi connectivity index (χ2v) is 2.27. The van der Waals surface area contributed by atoms with Crippen molar-refractivity contribution in [2.75, 3.05) is 0 Å². The summed E-state index contributed by atoms with van der Waals surface area (Å²) >= 11 is 4.23. The van der Waals surface area contributed by atoms with E-state index in [1.165, 1.54) is 0 Å². The molecule has 0 spiro atoms. The van der Waals surface area contributed by atoms with Crippen molar-refractivity contribution < 1.29 is 18.0 Å². The molecular weight excluding hydrogens is 195 g/mol. The van der Waals surface area contributed by atoms with E-state index in [9.17, 15) is 18.0 Å². The predicted molar refractivity (Wildman–Crippen MR) is 38.7 cm³/mol. The topological polar surface area (TPSA) is 67.2 Å². The van der Waals surface area contributed by atoms with Crippen molar-refractivity contribution in [3.63, 3.8) is 0 Å². The van der Waals surface area contributed by atoms with Gasteiger partial charge in [0.05, 0.1) is 0 Å². The second kappa shape index (κ2) is 4.10. The lowest BCUT2D eigenvalue weighted by Crippen LogP contribution is -2.45. The van der Waals surface area contributed by atoms with Crippen molar-refractivity contribution >= 4 is 23.2 Å². The lowest BCUT2D eigenvalue weighted by molar-refractivity contribution is -0.154. The first-order valence-electron chi connectivity index (χ1n) is 2.72. The number of hydrazine groups is 1. The Morgan fingerprint density at radius 3 is 2.25 bits per heavy atom. The van der Waals surface area contributed by atoms with Crippen molar-refractivity contribution in [1.82, 2.24) is 10.9 Å². The van der Waals surface area contributed by atoms with Crippen LogP contribution in [-0.2, 0) is 4.79 Å². The third kappa shape index (κ3) is 7.06. The molecule has 70 valence electrons. The number of carbonyl (C=O) groups excluding carboxylic acids is 1. The summed E-state index contributed by atoms with van der Waals surface area (Å²) in [6.45, 7) is 0. The largest absolute Gasteiger partial charge is 0.397 e. The molecule has 0 heterocycles. The van der Waals surface area contributed by atoms with E-state index in [0.29, 0.717) is 0 Å². The van der Waals surface area contributed by atoms with E-state index in [4.69, 9.17) is 5.73 Å². The zero-order chi connectivity index (χ0) is 9.78. The molecule has 0 aliphatic heterocycles. The average Bonchev–Trinajstić information content (AvgIpc) is 1.79. The summed E-state index contributed by atoms with van der Waals surface area (Å²) in [4.78, 5) is 10.4. The zero-order valence-corrected chi connectivity index (χ0v) is 6.55. The minimum Gasteiger partial charge on any atom is -0.375 e. The number of thiocarbonyl (C=S) groups is 1. The van der Waals surface area contributed by atoms with Gasteiger partial charge in [-0.2, -0.15) is 13.2 Å². The highest BCUT2D eigenvalue weighted by molar-refractivity contribution is 7.80. The highest BCUT2D eigenvalue weighted by Crippen LogP contribution is 2.18. The summed E-state index contributed by atoms with van der Waals surface area (Å²) in [6.07, 6.45) is -6.09. The Kier molecular flexibility index (Phi) is 3.74. The number of halogens is 3. The minimum atomic E-state index is -4.53. The van der Waals surface area contributed by atoms with Gasteiger partial charge in [-0.15, -0.1) is 0 Å². The maximum Gasteiger partial charge on any atom is 0.397 e. The van der Waals surface area contributed by atoms with Crippen LogP contribution in [0.25, 0.3) is 0 Å². The van der Waals surface area contributed by atoms with Crippen LogP contribution in [0.4, 0.5) is 13.2 Å². The average molecular weight is 201 g/mol. The normalized spacial score (nSPS) is 10.6. The quantitative estimate of drug-likeness (QED) is 0.406. The van der Waals surface area contributed by atoms with Crippen LogP contribution in [0.5, 0.6) is 0 Å². The summed E-state index contributed by atoms with van der Waals surface area (Å²) in [5.41, 5.74) is 8.37. The fraction of sp³-hybridized carbons (Fsp3) is 0.500. The second-order valence-electron chi connectivity index (χ2n) is 1.83. The van der Waals surface area contributed by atoms with E-state index >= 15 is 0 Å². The molecule has 12 heavy (non-hydrogen) atoms. The smallest absolute Gasteiger partial charge is 0.375 e. The molecule has 4 nitrogen and oxygen atoms in total. The van der Waals surface area contributed by atoms with Crippen molar-refractivity contribution in [3.05, 3.63) is 0 Å². The Labute approximate surface area is 71.3 Å². The van der Waals surface area contributed by atoms with Crippen molar-refractivity contribution in [3.8, 4) is 0 Å². The summed E-state index contributed by atoms with van der Waals surface area (Å²) in [5, 5.41) is -0.300. The van der Waals surface area contributed by atoms with Crippen LogP contribution in [0.3, 0.4) is 0 Å². The molecule has 0 aromatic rings. The van der Waals surface area contributed by atoms with Crippen molar-refractivity contribution in [2.24, 2.45) is 5.73 Å². The zero-order valence-electron chi connectivity index (χ0n) is 5.73. The van der Waals surface area contributed by atoms with Crippen LogP contribution >= 0.6 is 12.2 Å². The van der Waals surface area contributed by atoms with E-state index in [1.54, 1.807) is 5.43 Å². The van der Waals surface area contributed by atoms with Gasteiger partial charge in [-0.3, -0.25) is 15.6 Å². The van der Waals surface area contributed by atoms with Crippen LogP contribution in [0.2, 0.25) is 0 Å². The SMILES string of the molecule is NC(=S)NNC(=O)CC(F)(F)F. The van der Waals surface area contributed by atoms with Crippen LogP contribution in [-0.4, -0.2) is 17.2 Å². The Morgan fingerprint density at radius 1 is 1.42 bits per heavy atom. The van der Waals surface area contributed by atoms with Gasteiger partial charge in [-0.25, -0.2) is 0 Å². The molecule has 0 aromatic carbocycles. The Bertz CT molecular complexity index is 192. The fourth-order valence-corrected chi connectivity index (χ4v) is 0.409. The van der Waals surface area contributed by atoms with Crippen LogP contribution in [0.1, 0.15) is 6.42 Å². The predicted octanol–water partition coefficient (Wildman–Crippen LogP) is -0.197. The van der Waals surface area contributed by atoms with Crippen molar-refractivity contribution in [1.29, 1.82) is 0 Å². The number of nitrogens with one attached hydrogen (secondary N) is 2. The van der Waals surface area contributed by atoms with Crippen molar-refractivity contribution in [2.45, 2.75) is 12.6 Å². The van der Waals surface area contributed by atoms with Crippen LogP contribution < -0.4 is 16.6 Å². The standard InChI is InChI=1S/C4H6F3N3OS/c5-4(6,7)1-2(11)9-10-3(8)12/h1H2,(H,9,11)(H3,8,10,12). The van der Waals surface area contributed by atoms with E-state index in [0.717, 1.165) is 0 Å². The Morgan fingerprint density at radius 2 is 1.92 bits per heavy atom. The molecule has 0 fully saturated rings. The van der Waals surface area contributed by atoms with Gasteiger partial charge in [0.1, 0.15) is 6.42 Å². The van der Waals surface area contributed by atoms with Crippen LogP contribution in [0, 0.1) is 0 Å². The number of hydrogen-bond acceptors (Lipinski definition) is 2. The summed E-state index contributed by atoms with van der Waals surface area (Å²) in [7, 11) is 0. The molecule has 0 atom stereocenters. The monoisotopic (exact) mass is 201 g/mol. The minimum absolute atomic E-state index is 0.300. The van der Waals surface area contributed by atoms with Gasteiger partial charge < -0.3 is 5.73 Å². The van der Waals surface area contributed by atoms with Gasteiger partial charge >= 0.3 is 6.18 Å². The number of carbonyl (C=O) groups is 1. The Balaban J connectivity index is 3.68. The van der Waals surface area contributed by atoms with E-state index in [1.807, 2.05) is 5.43 Å². The molecule has 0 unspecified atom stereocenters. The third-order valence-corrected chi connectivity index (χ3v) is 0.788. The maximum absolute atomic E-state index is 11.5. The number of rotatable bonds is 1. The van der Waals surface area contributed by atoms with Gasteiger partial charge in [0.25, 0.3) is 0 Å². The Hall–Kier alpha value is -1.05. The molecule has 4 N–H and O–H groups in total. The molecule has 0 radical (unpaired) electrons. The molecule has 0 aliphatic carbocycles. The van der Waals surface area contributed by atoms with Gasteiger partial charge in [0.2, 0.25) is 5.91 Å². The van der Waals surface area contributed by atoms with E-state index in [-0.39, 0.29) is 5.11 Å². The molecule has 1 amide bonds. The number of alkyl halides is 3.